The van der Waals surface area contributed by atoms with Gasteiger partial charge in [-0.25, -0.2) is 0 Å². The van der Waals surface area contributed by atoms with Crippen molar-refractivity contribution in [3.63, 3.8) is 0 Å². The average Bonchev–Trinajstić information content (AvgIpc) is 2.39. The average molecular weight is 281 g/mol. The predicted octanol–water partition coefficient (Wildman–Crippen LogP) is 4.01. The van der Waals surface area contributed by atoms with Crippen molar-refractivity contribution in [1.82, 2.24) is 5.32 Å². The second kappa shape index (κ2) is 6.62. The number of nitrogens with one attached hydrogen (secondary N) is 1. The number of halogens is 1. The van der Waals surface area contributed by atoms with Crippen LogP contribution in [0.3, 0.4) is 0 Å². The predicted molar refractivity (Wildman–Crippen MR) is 84.3 cm³/mol. The van der Waals surface area contributed by atoms with Crippen molar-refractivity contribution in [2.24, 2.45) is 0 Å². The van der Waals surface area contributed by atoms with E-state index in [0.29, 0.717) is 12.1 Å². The SMILES string of the molecule is CCCC1CN(c2ccc(C)cc2Cl)C(CC)CN1. The summed E-state index contributed by atoms with van der Waals surface area (Å²) in [7, 11) is 0. The molecule has 2 rings (SSSR count). The second-order valence-electron chi connectivity index (χ2n) is 5.56. The van der Waals surface area contributed by atoms with Gasteiger partial charge < -0.3 is 10.2 Å². The maximum Gasteiger partial charge on any atom is 0.0642 e. The molecule has 0 aromatic heterocycles. The van der Waals surface area contributed by atoms with Crippen LogP contribution >= 0.6 is 11.6 Å². The number of benzene rings is 1. The molecule has 1 aliphatic heterocycles. The lowest BCUT2D eigenvalue weighted by Gasteiger charge is -2.42. The van der Waals surface area contributed by atoms with Crippen LogP contribution in [0.5, 0.6) is 0 Å². The molecule has 1 fully saturated rings. The topological polar surface area (TPSA) is 15.3 Å². The molecule has 3 heteroatoms. The summed E-state index contributed by atoms with van der Waals surface area (Å²) in [5.41, 5.74) is 2.42. The van der Waals surface area contributed by atoms with E-state index in [2.05, 4.69) is 49.2 Å². The van der Waals surface area contributed by atoms with Gasteiger partial charge in [0, 0.05) is 25.2 Å². The number of nitrogens with zero attached hydrogens (tertiary/aromatic N) is 1. The Kier molecular flexibility index (Phi) is 5.12. The first-order valence-electron chi connectivity index (χ1n) is 7.41. The third-order valence-electron chi connectivity index (χ3n) is 4.02. The molecule has 1 aromatic carbocycles. The molecule has 106 valence electrons. The molecular weight excluding hydrogens is 256 g/mol. The molecule has 0 saturated carbocycles. The molecule has 1 heterocycles. The fourth-order valence-electron chi connectivity index (χ4n) is 2.91. The zero-order chi connectivity index (χ0) is 13.8. The van der Waals surface area contributed by atoms with Crippen LogP contribution in [0.15, 0.2) is 18.2 Å². The summed E-state index contributed by atoms with van der Waals surface area (Å²) in [6.07, 6.45) is 3.61. The molecule has 0 aliphatic carbocycles. The second-order valence-corrected chi connectivity index (χ2v) is 5.97. The number of aryl methyl sites for hydroxylation is 1. The van der Waals surface area contributed by atoms with Gasteiger partial charge in [0.05, 0.1) is 10.7 Å². The fourth-order valence-corrected chi connectivity index (χ4v) is 3.25. The van der Waals surface area contributed by atoms with Crippen LogP contribution in [0.25, 0.3) is 0 Å². The van der Waals surface area contributed by atoms with Crippen molar-refractivity contribution >= 4 is 17.3 Å². The van der Waals surface area contributed by atoms with Crippen LogP contribution in [0.4, 0.5) is 5.69 Å². The van der Waals surface area contributed by atoms with Crippen LogP contribution in [0.1, 0.15) is 38.7 Å². The monoisotopic (exact) mass is 280 g/mol. The minimum absolute atomic E-state index is 0.549. The van der Waals surface area contributed by atoms with E-state index in [1.54, 1.807) is 0 Å². The van der Waals surface area contributed by atoms with Gasteiger partial charge >= 0.3 is 0 Å². The van der Waals surface area contributed by atoms with E-state index in [-0.39, 0.29) is 0 Å². The van der Waals surface area contributed by atoms with Gasteiger partial charge in [0.15, 0.2) is 0 Å². The summed E-state index contributed by atoms with van der Waals surface area (Å²) >= 11 is 6.45. The Morgan fingerprint density at radius 3 is 2.79 bits per heavy atom. The largest absolute Gasteiger partial charge is 0.365 e. The van der Waals surface area contributed by atoms with Crippen LogP contribution in [0, 0.1) is 6.92 Å². The molecular formula is C16H25ClN2. The highest BCUT2D eigenvalue weighted by molar-refractivity contribution is 6.33. The number of hydrogen-bond donors (Lipinski definition) is 1. The maximum atomic E-state index is 6.45. The van der Waals surface area contributed by atoms with Crippen molar-refractivity contribution in [3.05, 3.63) is 28.8 Å². The molecule has 19 heavy (non-hydrogen) atoms. The van der Waals surface area contributed by atoms with Crippen LogP contribution in [-0.4, -0.2) is 25.2 Å². The van der Waals surface area contributed by atoms with Gasteiger partial charge in [-0.15, -0.1) is 0 Å². The standard InChI is InChI=1S/C16H25ClN2/c1-4-6-13-11-19(14(5-2)10-18-13)16-8-7-12(3)9-15(16)17/h7-9,13-14,18H,4-6,10-11H2,1-3H3. The molecule has 0 amide bonds. The Morgan fingerprint density at radius 2 is 2.16 bits per heavy atom. The molecule has 1 N–H and O–H groups in total. The first-order valence-corrected chi connectivity index (χ1v) is 7.79. The van der Waals surface area contributed by atoms with E-state index in [1.807, 2.05) is 0 Å². The van der Waals surface area contributed by atoms with E-state index >= 15 is 0 Å². The quantitative estimate of drug-likeness (QED) is 0.897. The Morgan fingerprint density at radius 1 is 1.37 bits per heavy atom. The van der Waals surface area contributed by atoms with Crippen molar-refractivity contribution < 1.29 is 0 Å². The lowest BCUT2D eigenvalue weighted by atomic mass is 10.0. The highest BCUT2D eigenvalue weighted by Crippen LogP contribution is 2.30. The van der Waals surface area contributed by atoms with Crippen molar-refractivity contribution in [3.8, 4) is 0 Å². The number of anilines is 1. The third-order valence-corrected chi connectivity index (χ3v) is 4.32. The Labute approximate surface area is 122 Å². The number of hydrogen-bond acceptors (Lipinski definition) is 2. The molecule has 1 aromatic rings. The Hall–Kier alpha value is -0.730. The van der Waals surface area contributed by atoms with Gasteiger partial charge in [0.2, 0.25) is 0 Å². The van der Waals surface area contributed by atoms with Gasteiger partial charge in [0.25, 0.3) is 0 Å². The first-order chi connectivity index (χ1) is 9.15. The van der Waals surface area contributed by atoms with Gasteiger partial charge in [-0.1, -0.05) is 37.9 Å². The van der Waals surface area contributed by atoms with Crippen molar-refractivity contribution in [1.29, 1.82) is 0 Å². The van der Waals surface area contributed by atoms with Gasteiger partial charge in [-0.05, 0) is 37.5 Å². The summed E-state index contributed by atoms with van der Waals surface area (Å²) < 4.78 is 0. The van der Waals surface area contributed by atoms with Crippen LogP contribution in [-0.2, 0) is 0 Å². The zero-order valence-electron chi connectivity index (χ0n) is 12.2. The van der Waals surface area contributed by atoms with E-state index in [1.165, 1.54) is 24.1 Å². The summed E-state index contributed by atoms with van der Waals surface area (Å²) in [5.74, 6) is 0. The van der Waals surface area contributed by atoms with Gasteiger partial charge in [-0.2, -0.15) is 0 Å². The maximum absolute atomic E-state index is 6.45. The normalized spacial score (nSPS) is 23.7. The Bertz CT molecular complexity index is 419. The molecule has 2 unspecified atom stereocenters. The van der Waals surface area contributed by atoms with Crippen molar-refractivity contribution in [2.45, 2.75) is 52.1 Å². The van der Waals surface area contributed by atoms with Crippen LogP contribution in [0.2, 0.25) is 5.02 Å². The molecule has 0 bridgehead atoms. The summed E-state index contributed by atoms with van der Waals surface area (Å²) in [6, 6.07) is 7.54. The smallest absolute Gasteiger partial charge is 0.0642 e. The molecule has 0 radical (unpaired) electrons. The summed E-state index contributed by atoms with van der Waals surface area (Å²) in [5, 5.41) is 4.55. The minimum atomic E-state index is 0.549. The Balaban J connectivity index is 2.22. The van der Waals surface area contributed by atoms with E-state index in [9.17, 15) is 0 Å². The van der Waals surface area contributed by atoms with Crippen LogP contribution < -0.4 is 10.2 Å². The highest BCUT2D eigenvalue weighted by atomic mass is 35.5. The molecule has 2 atom stereocenters. The van der Waals surface area contributed by atoms with E-state index in [0.717, 1.165) is 24.5 Å². The number of rotatable bonds is 4. The summed E-state index contributed by atoms with van der Waals surface area (Å²) in [4.78, 5) is 2.50. The molecule has 1 aliphatic rings. The molecule has 0 spiro atoms. The third kappa shape index (κ3) is 3.43. The lowest BCUT2D eigenvalue weighted by molar-refractivity contribution is 0.369. The lowest BCUT2D eigenvalue weighted by Crippen LogP contribution is -2.56. The van der Waals surface area contributed by atoms with Crippen molar-refractivity contribution in [2.75, 3.05) is 18.0 Å². The number of piperazine rings is 1. The molecule has 2 nitrogen and oxygen atoms in total. The minimum Gasteiger partial charge on any atom is -0.365 e. The fraction of sp³-hybridized carbons (Fsp3) is 0.625. The highest BCUT2D eigenvalue weighted by Gasteiger charge is 2.27. The summed E-state index contributed by atoms with van der Waals surface area (Å²) in [6.45, 7) is 8.71. The van der Waals surface area contributed by atoms with Gasteiger partial charge in [0.1, 0.15) is 0 Å². The van der Waals surface area contributed by atoms with E-state index in [4.69, 9.17) is 11.6 Å². The van der Waals surface area contributed by atoms with Gasteiger partial charge in [-0.3, -0.25) is 0 Å². The van der Waals surface area contributed by atoms with E-state index < -0.39 is 0 Å². The zero-order valence-corrected chi connectivity index (χ0v) is 13.0. The first kappa shape index (κ1) is 14.7. The molecule has 1 saturated heterocycles.